The van der Waals surface area contributed by atoms with Crippen LogP contribution in [0.25, 0.3) is 0 Å². The minimum Gasteiger partial charge on any atom is -0.490 e. The topological polar surface area (TPSA) is 36.9 Å². The fourth-order valence-electron chi connectivity index (χ4n) is 2.60. The summed E-state index contributed by atoms with van der Waals surface area (Å²) < 4.78 is 23.0. The van der Waals surface area contributed by atoms with Crippen LogP contribution in [0.3, 0.4) is 0 Å². The molecule has 4 rings (SSSR count). The summed E-state index contributed by atoms with van der Waals surface area (Å²) in [6.45, 7) is 1.81. The highest BCUT2D eigenvalue weighted by atomic mass is 16.6. The van der Waals surface area contributed by atoms with Crippen molar-refractivity contribution in [1.82, 2.24) is 0 Å². The van der Waals surface area contributed by atoms with Crippen molar-refractivity contribution in [2.45, 2.75) is 12.5 Å². The summed E-state index contributed by atoms with van der Waals surface area (Å²) in [6, 6.07) is 14.5. The van der Waals surface area contributed by atoms with Crippen molar-refractivity contribution in [2.75, 3.05) is 19.8 Å². The van der Waals surface area contributed by atoms with Gasteiger partial charge in [0.15, 0.2) is 23.0 Å². The van der Waals surface area contributed by atoms with Crippen molar-refractivity contribution in [3.63, 3.8) is 0 Å². The monoisotopic (exact) mass is 283 g/mol. The maximum Gasteiger partial charge on any atom is 0.162 e. The Hall–Kier alpha value is -2.36. The largest absolute Gasteiger partial charge is 0.490 e. The molecule has 107 valence electrons. The molecule has 2 aliphatic rings. The molecule has 2 aromatic rings. The third-order valence-corrected chi connectivity index (χ3v) is 3.63. The van der Waals surface area contributed by atoms with Crippen LogP contribution in [0.1, 0.15) is 18.1 Å². The zero-order chi connectivity index (χ0) is 14.1. The summed E-state index contributed by atoms with van der Waals surface area (Å²) in [5, 5.41) is 0. The normalized spacial score (nSPS) is 19.7. The molecule has 1 unspecified atom stereocenters. The van der Waals surface area contributed by atoms with Gasteiger partial charge in [-0.25, -0.2) is 0 Å². The third-order valence-electron chi connectivity index (χ3n) is 3.63. The van der Waals surface area contributed by atoms with Crippen molar-refractivity contribution in [1.29, 1.82) is 0 Å². The average Bonchev–Trinajstić information content (AvgIpc) is 2.76. The van der Waals surface area contributed by atoms with E-state index in [1.165, 1.54) is 0 Å². The second-order valence-electron chi connectivity index (χ2n) is 5.02. The van der Waals surface area contributed by atoms with Crippen molar-refractivity contribution >= 4 is 0 Å². The van der Waals surface area contributed by atoms with Crippen LogP contribution in [0.5, 0.6) is 23.0 Å². The molecular formula is C17H15O4. The van der Waals surface area contributed by atoms with E-state index in [0.717, 1.165) is 35.0 Å². The standard InChI is InChI=1S/C17H15O4/c1-2-4-16-14(3-1)18-8-7-13(21-16)12-5-6-15-17(11-12)20-10-9-19-15/h1,3-6,11,13H,7-10H2. The SMILES string of the molecule is [c]1ccc2c(c1)OC(c1ccc3c(c1)OCCO3)CCO2. The van der Waals surface area contributed by atoms with E-state index in [4.69, 9.17) is 18.9 Å². The summed E-state index contributed by atoms with van der Waals surface area (Å²) in [7, 11) is 0. The van der Waals surface area contributed by atoms with E-state index in [-0.39, 0.29) is 6.10 Å². The average molecular weight is 283 g/mol. The fraction of sp³-hybridized carbons (Fsp3) is 0.294. The van der Waals surface area contributed by atoms with E-state index in [9.17, 15) is 0 Å². The first-order chi connectivity index (χ1) is 10.4. The summed E-state index contributed by atoms with van der Waals surface area (Å²) >= 11 is 0. The highest BCUT2D eigenvalue weighted by Crippen LogP contribution is 2.38. The summed E-state index contributed by atoms with van der Waals surface area (Å²) in [5.74, 6) is 3.08. The molecule has 1 atom stereocenters. The summed E-state index contributed by atoms with van der Waals surface area (Å²) in [5.41, 5.74) is 1.07. The van der Waals surface area contributed by atoms with Gasteiger partial charge in [-0.3, -0.25) is 0 Å². The molecule has 4 nitrogen and oxygen atoms in total. The third kappa shape index (κ3) is 2.37. The van der Waals surface area contributed by atoms with Crippen molar-refractivity contribution < 1.29 is 18.9 Å². The number of hydrogen-bond acceptors (Lipinski definition) is 4. The second-order valence-corrected chi connectivity index (χ2v) is 5.02. The predicted molar refractivity (Wildman–Crippen MR) is 76.2 cm³/mol. The van der Waals surface area contributed by atoms with Crippen LogP contribution in [0.4, 0.5) is 0 Å². The first-order valence-electron chi connectivity index (χ1n) is 7.09. The molecule has 0 aliphatic carbocycles. The Bertz CT molecular complexity index is 653. The van der Waals surface area contributed by atoms with Gasteiger partial charge in [0.05, 0.1) is 6.61 Å². The van der Waals surface area contributed by atoms with Gasteiger partial charge in [-0.15, -0.1) is 0 Å². The van der Waals surface area contributed by atoms with E-state index in [0.29, 0.717) is 19.8 Å². The first kappa shape index (κ1) is 12.4. The van der Waals surface area contributed by atoms with Crippen LogP contribution in [0.15, 0.2) is 36.4 Å². The number of benzene rings is 2. The molecule has 0 spiro atoms. The quantitative estimate of drug-likeness (QED) is 0.805. The molecule has 0 saturated carbocycles. The predicted octanol–water partition coefficient (Wildman–Crippen LogP) is 3.16. The molecule has 2 heterocycles. The van der Waals surface area contributed by atoms with Gasteiger partial charge >= 0.3 is 0 Å². The van der Waals surface area contributed by atoms with E-state index in [1.54, 1.807) is 0 Å². The number of rotatable bonds is 1. The van der Waals surface area contributed by atoms with Crippen LogP contribution >= 0.6 is 0 Å². The molecule has 1 radical (unpaired) electrons. The van der Waals surface area contributed by atoms with Crippen molar-refractivity contribution in [3.05, 3.63) is 48.0 Å². The Morgan fingerprint density at radius 1 is 0.857 bits per heavy atom. The second kappa shape index (κ2) is 5.20. The number of hydrogen-bond donors (Lipinski definition) is 0. The highest BCUT2D eigenvalue weighted by molar-refractivity contribution is 5.45. The molecule has 0 bridgehead atoms. The van der Waals surface area contributed by atoms with Gasteiger partial charge in [0.25, 0.3) is 0 Å². The van der Waals surface area contributed by atoms with Gasteiger partial charge < -0.3 is 18.9 Å². The molecule has 4 heteroatoms. The zero-order valence-electron chi connectivity index (χ0n) is 11.5. The Morgan fingerprint density at radius 2 is 1.67 bits per heavy atom. The lowest BCUT2D eigenvalue weighted by Gasteiger charge is -2.21. The molecule has 2 aromatic carbocycles. The highest BCUT2D eigenvalue weighted by Gasteiger charge is 2.22. The molecular weight excluding hydrogens is 268 g/mol. The Morgan fingerprint density at radius 3 is 2.62 bits per heavy atom. The van der Waals surface area contributed by atoms with Gasteiger partial charge in [0, 0.05) is 6.42 Å². The summed E-state index contributed by atoms with van der Waals surface area (Å²) in [6.07, 6.45) is 0.729. The molecule has 0 aromatic heterocycles. The van der Waals surface area contributed by atoms with Crippen LogP contribution in [-0.4, -0.2) is 19.8 Å². The van der Waals surface area contributed by atoms with Gasteiger partial charge in [0.2, 0.25) is 0 Å². The Labute approximate surface area is 123 Å². The van der Waals surface area contributed by atoms with Gasteiger partial charge in [-0.2, -0.15) is 0 Å². The molecule has 0 amide bonds. The van der Waals surface area contributed by atoms with Crippen molar-refractivity contribution in [3.8, 4) is 23.0 Å². The molecule has 0 fully saturated rings. The maximum absolute atomic E-state index is 6.08. The lowest BCUT2D eigenvalue weighted by atomic mass is 10.1. The smallest absolute Gasteiger partial charge is 0.162 e. The van der Waals surface area contributed by atoms with E-state index >= 15 is 0 Å². The van der Waals surface area contributed by atoms with Gasteiger partial charge in [0.1, 0.15) is 19.3 Å². The minimum absolute atomic E-state index is 0.0575. The number of fused-ring (bicyclic) bond motifs is 2. The van der Waals surface area contributed by atoms with Crippen LogP contribution < -0.4 is 18.9 Å². The van der Waals surface area contributed by atoms with Gasteiger partial charge in [-0.1, -0.05) is 12.1 Å². The first-order valence-corrected chi connectivity index (χ1v) is 7.09. The van der Waals surface area contributed by atoms with Crippen LogP contribution in [0, 0.1) is 6.07 Å². The van der Waals surface area contributed by atoms with E-state index < -0.39 is 0 Å². The Kier molecular flexibility index (Phi) is 3.07. The molecule has 0 N–H and O–H groups in total. The zero-order valence-corrected chi connectivity index (χ0v) is 11.5. The minimum atomic E-state index is -0.0575. The lowest BCUT2D eigenvalue weighted by Crippen LogP contribution is -2.16. The van der Waals surface area contributed by atoms with Gasteiger partial charge in [-0.05, 0) is 35.9 Å². The summed E-state index contributed by atoms with van der Waals surface area (Å²) in [4.78, 5) is 0. The van der Waals surface area contributed by atoms with E-state index in [2.05, 4.69) is 6.07 Å². The molecule has 21 heavy (non-hydrogen) atoms. The Balaban J connectivity index is 1.64. The fourth-order valence-corrected chi connectivity index (χ4v) is 2.60. The lowest BCUT2D eigenvalue weighted by molar-refractivity contribution is 0.168. The molecule has 2 aliphatic heterocycles. The van der Waals surface area contributed by atoms with Crippen LogP contribution in [0.2, 0.25) is 0 Å². The van der Waals surface area contributed by atoms with E-state index in [1.807, 2.05) is 36.4 Å². The number of ether oxygens (including phenoxy) is 4. The molecule has 0 saturated heterocycles. The maximum atomic E-state index is 6.08. The van der Waals surface area contributed by atoms with Crippen LogP contribution in [-0.2, 0) is 0 Å². The van der Waals surface area contributed by atoms with Crippen molar-refractivity contribution in [2.24, 2.45) is 0 Å².